The van der Waals surface area contributed by atoms with Crippen LogP contribution >= 0.6 is 23.2 Å². The van der Waals surface area contributed by atoms with Crippen LogP contribution in [0.1, 0.15) is 10.5 Å². The van der Waals surface area contributed by atoms with Crippen molar-refractivity contribution in [2.24, 2.45) is 0 Å². The zero-order valence-corrected chi connectivity index (χ0v) is 9.01. The van der Waals surface area contributed by atoms with Gasteiger partial charge in [0.05, 0.1) is 6.54 Å². The number of aromatic nitrogens is 2. The molecule has 0 amide bonds. The Balaban J connectivity index is 2.88. The van der Waals surface area contributed by atoms with Gasteiger partial charge in [-0.25, -0.2) is 14.8 Å². The van der Waals surface area contributed by atoms with Gasteiger partial charge in [-0.15, -0.1) is 0 Å². The topological polar surface area (TPSA) is 75.1 Å². The van der Waals surface area contributed by atoms with E-state index in [1.807, 2.05) is 0 Å². The maximum Gasteiger partial charge on any atom is 0.354 e. The minimum Gasteiger partial charge on any atom is -0.477 e. The zero-order chi connectivity index (χ0) is 11.4. The van der Waals surface area contributed by atoms with Crippen molar-refractivity contribution in [1.29, 1.82) is 0 Å². The molecule has 0 aliphatic carbocycles. The summed E-state index contributed by atoms with van der Waals surface area (Å²) in [5.41, 5.74) is -0.183. The summed E-state index contributed by atoms with van der Waals surface area (Å²) in [5, 5.41) is 11.7. The van der Waals surface area contributed by atoms with Gasteiger partial charge in [-0.05, 0) is 11.6 Å². The first-order valence-corrected chi connectivity index (χ1v) is 4.59. The Morgan fingerprint density at radius 3 is 2.80 bits per heavy atom. The first kappa shape index (κ1) is 11.7. The van der Waals surface area contributed by atoms with Crippen molar-refractivity contribution >= 4 is 35.0 Å². The number of aromatic carboxylic acids is 1. The Hall–Kier alpha value is -1.33. The number of carbonyl (C=O) groups is 1. The van der Waals surface area contributed by atoms with Gasteiger partial charge in [-0.3, -0.25) is 0 Å². The molecule has 1 aromatic rings. The number of carboxylic acid groups (broad SMARTS) is 1. The molecule has 0 saturated heterocycles. The minimum absolute atomic E-state index is 0.141. The largest absolute Gasteiger partial charge is 0.477 e. The van der Waals surface area contributed by atoms with E-state index in [0.29, 0.717) is 5.03 Å². The lowest BCUT2D eigenvalue weighted by atomic mass is 10.4. The number of nitrogens with zero attached hydrogens (tertiary/aromatic N) is 2. The number of rotatable bonds is 4. The lowest BCUT2D eigenvalue weighted by molar-refractivity contribution is 0.0690. The summed E-state index contributed by atoms with van der Waals surface area (Å²) >= 11 is 11.0. The number of hydrogen-bond donors (Lipinski definition) is 2. The maximum absolute atomic E-state index is 10.6. The normalized spacial score (nSPS) is 9.73. The molecule has 1 heterocycles. The summed E-state index contributed by atoms with van der Waals surface area (Å²) in [7, 11) is 0. The van der Waals surface area contributed by atoms with E-state index in [2.05, 4.69) is 21.9 Å². The van der Waals surface area contributed by atoms with Crippen LogP contribution in [0.4, 0.5) is 5.82 Å². The molecule has 5 nitrogen and oxygen atoms in total. The average Bonchev–Trinajstić information content (AvgIpc) is 2.13. The highest BCUT2D eigenvalue weighted by Crippen LogP contribution is 2.11. The standard InChI is InChI=1S/C8H7Cl2N3O2/c1-4(9)3-11-6-2-5(7(14)15)12-8(10)13-6/h2H,1,3H2,(H,14,15)(H,11,12,13). The fourth-order valence-electron chi connectivity index (χ4n) is 0.804. The van der Waals surface area contributed by atoms with E-state index in [4.69, 9.17) is 28.3 Å². The number of hydrogen-bond acceptors (Lipinski definition) is 4. The van der Waals surface area contributed by atoms with Gasteiger partial charge in [0.25, 0.3) is 0 Å². The van der Waals surface area contributed by atoms with E-state index >= 15 is 0 Å². The molecular weight excluding hydrogens is 241 g/mol. The van der Waals surface area contributed by atoms with Gasteiger partial charge >= 0.3 is 5.97 Å². The predicted molar refractivity (Wildman–Crippen MR) is 57.5 cm³/mol. The molecule has 0 atom stereocenters. The Morgan fingerprint density at radius 2 is 2.27 bits per heavy atom. The quantitative estimate of drug-likeness (QED) is 0.797. The number of carboxylic acids is 1. The Morgan fingerprint density at radius 1 is 1.60 bits per heavy atom. The van der Waals surface area contributed by atoms with E-state index in [9.17, 15) is 4.79 Å². The maximum atomic E-state index is 10.6. The molecule has 1 rings (SSSR count). The first-order valence-electron chi connectivity index (χ1n) is 3.84. The summed E-state index contributed by atoms with van der Waals surface area (Å²) < 4.78 is 0. The molecule has 0 aromatic carbocycles. The molecule has 2 N–H and O–H groups in total. The zero-order valence-electron chi connectivity index (χ0n) is 7.50. The molecule has 0 bridgehead atoms. The highest BCUT2D eigenvalue weighted by atomic mass is 35.5. The van der Waals surface area contributed by atoms with Gasteiger partial charge in [0, 0.05) is 11.1 Å². The number of nitrogens with one attached hydrogen (secondary N) is 1. The van der Waals surface area contributed by atoms with Gasteiger partial charge in [0.15, 0.2) is 5.69 Å². The van der Waals surface area contributed by atoms with Crippen LogP contribution in [-0.4, -0.2) is 27.6 Å². The van der Waals surface area contributed by atoms with Crippen molar-refractivity contribution in [3.63, 3.8) is 0 Å². The van der Waals surface area contributed by atoms with Gasteiger partial charge in [0.2, 0.25) is 5.28 Å². The second-order valence-electron chi connectivity index (χ2n) is 2.58. The van der Waals surface area contributed by atoms with Crippen LogP contribution in [0.2, 0.25) is 5.28 Å². The molecule has 0 aliphatic rings. The van der Waals surface area contributed by atoms with Crippen LogP contribution in [0.15, 0.2) is 17.7 Å². The number of halogens is 2. The lowest BCUT2D eigenvalue weighted by Gasteiger charge is -2.04. The average molecular weight is 248 g/mol. The molecule has 0 saturated carbocycles. The summed E-state index contributed by atoms with van der Waals surface area (Å²) in [6, 6.07) is 1.26. The Kier molecular flexibility index (Phi) is 3.88. The Labute approximate surface area is 95.8 Å². The molecule has 15 heavy (non-hydrogen) atoms. The van der Waals surface area contributed by atoms with Crippen LogP contribution in [0.5, 0.6) is 0 Å². The summed E-state index contributed by atoms with van der Waals surface area (Å²) in [6.07, 6.45) is 0. The van der Waals surface area contributed by atoms with Crippen molar-refractivity contribution < 1.29 is 9.90 Å². The molecular formula is C8H7Cl2N3O2. The van der Waals surface area contributed by atoms with Crippen LogP contribution < -0.4 is 5.32 Å². The van der Waals surface area contributed by atoms with Crippen molar-refractivity contribution in [1.82, 2.24) is 9.97 Å². The van der Waals surface area contributed by atoms with E-state index in [0.717, 1.165) is 0 Å². The van der Waals surface area contributed by atoms with E-state index in [1.54, 1.807) is 0 Å². The third-order valence-corrected chi connectivity index (χ3v) is 1.68. The third-order valence-electron chi connectivity index (χ3n) is 1.38. The second-order valence-corrected chi connectivity index (χ2v) is 3.46. The Bertz CT molecular complexity index is 409. The van der Waals surface area contributed by atoms with Crippen LogP contribution in [0.3, 0.4) is 0 Å². The third kappa shape index (κ3) is 3.73. The van der Waals surface area contributed by atoms with Crippen LogP contribution in [-0.2, 0) is 0 Å². The van der Waals surface area contributed by atoms with Gasteiger partial charge in [0.1, 0.15) is 5.82 Å². The number of anilines is 1. The van der Waals surface area contributed by atoms with Crippen molar-refractivity contribution in [2.45, 2.75) is 0 Å². The van der Waals surface area contributed by atoms with E-state index < -0.39 is 5.97 Å². The smallest absolute Gasteiger partial charge is 0.354 e. The molecule has 0 spiro atoms. The van der Waals surface area contributed by atoms with Gasteiger partial charge in [-0.1, -0.05) is 18.2 Å². The monoisotopic (exact) mass is 247 g/mol. The van der Waals surface area contributed by atoms with Crippen LogP contribution in [0.25, 0.3) is 0 Å². The molecule has 1 aromatic heterocycles. The lowest BCUT2D eigenvalue weighted by Crippen LogP contribution is -2.07. The molecule has 7 heteroatoms. The fourth-order valence-corrected chi connectivity index (χ4v) is 1.05. The van der Waals surface area contributed by atoms with Gasteiger partial charge in [-0.2, -0.15) is 0 Å². The summed E-state index contributed by atoms with van der Waals surface area (Å²) in [6.45, 7) is 3.73. The first-order chi connectivity index (χ1) is 6.99. The van der Waals surface area contributed by atoms with Crippen molar-refractivity contribution in [3.8, 4) is 0 Å². The van der Waals surface area contributed by atoms with E-state index in [1.165, 1.54) is 6.07 Å². The molecule has 0 fully saturated rings. The van der Waals surface area contributed by atoms with Crippen molar-refractivity contribution in [3.05, 3.63) is 28.7 Å². The molecule has 80 valence electrons. The predicted octanol–water partition coefficient (Wildman–Crippen LogP) is 1.99. The summed E-state index contributed by atoms with van der Waals surface area (Å²) in [4.78, 5) is 17.9. The minimum atomic E-state index is -1.17. The SMILES string of the molecule is C=C(Cl)CNc1cc(C(=O)O)nc(Cl)n1. The van der Waals surface area contributed by atoms with Crippen LogP contribution in [0, 0.1) is 0 Å². The highest BCUT2D eigenvalue weighted by Gasteiger charge is 2.08. The fraction of sp³-hybridized carbons (Fsp3) is 0.125. The highest BCUT2D eigenvalue weighted by molar-refractivity contribution is 6.29. The van der Waals surface area contributed by atoms with Gasteiger partial charge < -0.3 is 10.4 Å². The van der Waals surface area contributed by atoms with Crippen molar-refractivity contribution in [2.75, 3.05) is 11.9 Å². The molecule has 0 unspecified atom stereocenters. The molecule has 0 aliphatic heterocycles. The molecule has 0 radical (unpaired) electrons. The second kappa shape index (κ2) is 4.95. The van der Waals surface area contributed by atoms with E-state index in [-0.39, 0.29) is 23.3 Å². The summed E-state index contributed by atoms with van der Waals surface area (Å²) in [5.74, 6) is -0.888.